The van der Waals surface area contributed by atoms with E-state index in [2.05, 4.69) is 20.4 Å². The molecule has 1 aliphatic carbocycles. The van der Waals surface area contributed by atoms with Gasteiger partial charge in [0, 0.05) is 19.5 Å². The van der Waals surface area contributed by atoms with Gasteiger partial charge in [-0.2, -0.15) is 4.98 Å². The highest BCUT2D eigenvalue weighted by Crippen LogP contribution is 2.21. The van der Waals surface area contributed by atoms with Gasteiger partial charge in [-0.3, -0.25) is 4.90 Å². The molecular formula is C12H20N4O. The van der Waals surface area contributed by atoms with Gasteiger partial charge in [-0.1, -0.05) is 5.16 Å². The first kappa shape index (κ1) is 11.2. The van der Waals surface area contributed by atoms with Crippen LogP contribution in [-0.4, -0.2) is 40.7 Å². The smallest absolute Gasteiger partial charge is 0.223 e. The van der Waals surface area contributed by atoms with Crippen molar-refractivity contribution in [3.63, 3.8) is 0 Å². The molecule has 0 radical (unpaired) electrons. The first-order valence-electron chi connectivity index (χ1n) is 6.54. The molecule has 5 heteroatoms. The summed E-state index contributed by atoms with van der Waals surface area (Å²) < 4.78 is 4.99. The van der Waals surface area contributed by atoms with Gasteiger partial charge in [-0.25, -0.2) is 0 Å². The van der Waals surface area contributed by atoms with Gasteiger partial charge in [0.25, 0.3) is 0 Å². The number of aryl methyl sites for hydroxylation is 1. The van der Waals surface area contributed by atoms with Crippen LogP contribution in [0.5, 0.6) is 0 Å². The van der Waals surface area contributed by atoms with Gasteiger partial charge in [-0.15, -0.1) is 0 Å². The number of aromatic nitrogens is 2. The van der Waals surface area contributed by atoms with Crippen LogP contribution in [0.2, 0.25) is 0 Å². The van der Waals surface area contributed by atoms with E-state index in [9.17, 15) is 0 Å². The molecule has 94 valence electrons. The fourth-order valence-corrected chi connectivity index (χ4v) is 2.45. The zero-order valence-electron chi connectivity index (χ0n) is 10.4. The Morgan fingerprint density at radius 2 is 2.29 bits per heavy atom. The van der Waals surface area contributed by atoms with Crippen molar-refractivity contribution in [3.8, 4) is 0 Å². The molecule has 0 spiro atoms. The number of hydrogen-bond acceptors (Lipinski definition) is 5. The van der Waals surface area contributed by atoms with Crippen LogP contribution < -0.4 is 5.32 Å². The minimum atomic E-state index is 0.658. The Labute approximate surface area is 102 Å². The molecule has 1 unspecified atom stereocenters. The van der Waals surface area contributed by atoms with Crippen LogP contribution in [0.15, 0.2) is 4.52 Å². The summed E-state index contributed by atoms with van der Waals surface area (Å²) in [6.45, 7) is 6.16. The van der Waals surface area contributed by atoms with E-state index in [0.29, 0.717) is 5.89 Å². The molecule has 0 amide bonds. The Morgan fingerprint density at radius 1 is 1.41 bits per heavy atom. The van der Waals surface area contributed by atoms with Gasteiger partial charge in [0.1, 0.15) is 0 Å². The maximum absolute atomic E-state index is 4.99. The van der Waals surface area contributed by atoms with Gasteiger partial charge in [0.15, 0.2) is 5.82 Å². The molecule has 1 aromatic heterocycles. The first-order chi connectivity index (χ1) is 8.29. The van der Waals surface area contributed by atoms with Crippen LogP contribution >= 0.6 is 0 Å². The van der Waals surface area contributed by atoms with Crippen molar-refractivity contribution in [3.05, 3.63) is 11.7 Å². The minimum absolute atomic E-state index is 0.658. The van der Waals surface area contributed by atoms with Crippen molar-refractivity contribution >= 4 is 0 Å². The molecule has 2 aliphatic rings. The number of rotatable bonds is 5. The van der Waals surface area contributed by atoms with Crippen molar-refractivity contribution in [1.82, 2.24) is 20.4 Å². The summed E-state index contributed by atoms with van der Waals surface area (Å²) in [6.07, 6.45) is 4.04. The molecule has 2 heterocycles. The van der Waals surface area contributed by atoms with Crippen molar-refractivity contribution < 1.29 is 4.52 Å². The predicted octanol–water partition coefficient (Wildman–Crippen LogP) is 0.952. The standard InChI is InChI=1S/C12H20N4O/c1-9-14-12(15-17-9)8-16-5-4-10(7-16)6-13-11-2-3-11/h10-11,13H,2-8H2,1H3. The highest BCUT2D eigenvalue weighted by atomic mass is 16.5. The van der Waals surface area contributed by atoms with E-state index < -0.39 is 0 Å². The number of hydrogen-bond donors (Lipinski definition) is 1. The van der Waals surface area contributed by atoms with Gasteiger partial charge < -0.3 is 9.84 Å². The average molecular weight is 236 g/mol. The van der Waals surface area contributed by atoms with Crippen LogP contribution in [0.25, 0.3) is 0 Å². The topological polar surface area (TPSA) is 54.2 Å². The summed E-state index contributed by atoms with van der Waals surface area (Å²) in [5, 5.41) is 7.56. The maximum Gasteiger partial charge on any atom is 0.223 e. The fourth-order valence-electron chi connectivity index (χ4n) is 2.45. The van der Waals surface area contributed by atoms with Crippen LogP contribution in [0.1, 0.15) is 31.0 Å². The lowest BCUT2D eigenvalue weighted by molar-refractivity contribution is 0.297. The quantitative estimate of drug-likeness (QED) is 0.825. The monoisotopic (exact) mass is 236 g/mol. The summed E-state index contributed by atoms with van der Waals surface area (Å²) in [5.41, 5.74) is 0. The second-order valence-electron chi connectivity index (χ2n) is 5.30. The summed E-state index contributed by atoms with van der Waals surface area (Å²) in [7, 11) is 0. The molecule has 1 saturated heterocycles. The molecule has 0 bridgehead atoms. The second-order valence-corrected chi connectivity index (χ2v) is 5.30. The molecule has 1 aliphatic heterocycles. The Kier molecular flexibility index (Phi) is 3.11. The summed E-state index contributed by atoms with van der Waals surface area (Å²) >= 11 is 0. The van der Waals surface area contributed by atoms with E-state index >= 15 is 0 Å². The molecule has 3 rings (SSSR count). The fraction of sp³-hybridized carbons (Fsp3) is 0.833. The molecule has 1 saturated carbocycles. The highest BCUT2D eigenvalue weighted by Gasteiger charge is 2.26. The lowest BCUT2D eigenvalue weighted by Crippen LogP contribution is -2.27. The summed E-state index contributed by atoms with van der Waals surface area (Å²) in [5.74, 6) is 2.27. The van der Waals surface area contributed by atoms with E-state index in [1.165, 1.54) is 25.8 Å². The van der Waals surface area contributed by atoms with Crippen LogP contribution in [-0.2, 0) is 6.54 Å². The van der Waals surface area contributed by atoms with Gasteiger partial charge >= 0.3 is 0 Å². The maximum atomic E-state index is 4.99. The lowest BCUT2D eigenvalue weighted by Gasteiger charge is -2.14. The van der Waals surface area contributed by atoms with Crippen molar-refractivity contribution in [2.45, 2.75) is 38.8 Å². The molecule has 0 aromatic carbocycles. The van der Waals surface area contributed by atoms with Crippen molar-refractivity contribution in [2.24, 2.45) is 5.92 Å². The zero-order valence-corrected chi connectivity index (χ0v) is 10.4. The third kappa shape index (κ3) is 3.04. The van der Waals surface area contributed by atoms with Crippen LogP contribution in [0.4, 0.5) is 0 Å². The SMILES string of the molecule is Cc1nc(CN2CCC(CNC3CC3)C2)no1. The Hall–Kier alpha value is -0.940. The highest BCUT2D eigenvalue weighted by molar-refractivity contribution is 4.88. The van der Waals surface area contributed by atoms with E-state index in [1.807, 2.05) is 6.92 Å². The van der Waals surface area contributed by atoms with E-state index in [1.54, 1.807) is 0 Å². The van der Waals surface area contributed by atoms with Crippen LogP contribution in [0.3, 0.4) is 0 Å². The van der Waals surface area contributed by atoms with E-state index in [4.69, 9.17) is 4.52 Å². The zero-order chi connectivity index (χ0) is 11.7. The first-order valence-corrected chi connectivity index (χ1v) is 6.54. The third-order valence-corrected chi connectivity index (χ3v) is 3.58. The Morgan fingerprint density at radius 3 is 3.00 bits per heavy atom. The minimum Gasteiger partial charge on any atom is -0.340 e. The largest absolute Gasteiger partial charge is 0.340 e. The van der Waals surface area contributed by atoms with Crippen molar-refractivity contribution in [2.75, 3.05) is 19.6 Å². The van der Waals surface area contributed by atoms with Gasteiger partial charge in [0.2, 0.25) is 5.89 Å². The molecule has 1 N–H and O–H groups in total. The van der Waals surface area contributed by atoms with Crippen molar-refractivity contribution in [1.29, 1.82) is 0 Å². The average Bonchev–Trinajstić information content (AvgIpc) is 2.90. The van der Waals surface area contributed by atoms with Gasteiger partial charge in [-0.05, 0) is 38.3 Å². The van der Waals surface area contributed by atoms with Crippen LogP contribution in [0, 0.1) is 12.8 Å². The predicted molar refractivity (Wildman–Crippen MR) is 63.4 cm³/mol. The van der Waals surface area contributed by atoms with E-state index in [-0.39, 0.29) is 0 Å². The number of likely N-dealkylation sites (tertiary alicyclic amines) is 1. The lowest BCUT2D eigenvalue weighted by atomic mass is 10.1. The molecule has 1 atom stereocenters. The Balaban J connectivity index is 1.43. The normalized spacial score (nSPS) is 25.6. The molecule has 2 fully saturated rings. The van der Waals surface area contributed by atoms with E-state index in [0.717, 1.165) is 37.4 Å². The summed E-state index contributed by atoms with van der Waals surface area (Å²) in [6, 6.07) is 0.823. The number of nitrogens with zero attached hydrogens (tertiary/aromatic N) is 3. The Bertz CT molecular complexity index is 374. The molecule has 1 aromatic rings. The number of nitrogens with one attached hydrogen (secondary N) is 1. The second kappa shape index (κ2) is 4.74. The summed E-state index contributed by atoms with van der Waals surface area (Å²) in [4.78, 5) is 6.67. The molecule has 17 heavy (non-hydrogen) atoms. The molecule has 5 nitrogen and oxygen atoms in total. The molecular weight excluding hydrogens is 216 g/mol. The van der Waals surface area contributed by atoms with Gasteiger partial charge in [0.05, 0.1) is 6.54 Å². The third-order valence-electron chi connectivity index (χ3n) is 3.58.